The number of nitrogens with zero attached hydrogens (tertiary/aromatic N) is 1. The van der Waals surface area contributed by atoms with E-state index in [0.717, 1.165) is 11.5 Å². The largest absolute Gasteiger partial charge is 0.468 e. The van der Waals surface area contributed by atoms with Crippen LogP contribution in [0.4, 0.5) is 0 Å². The summed E-state index contributed by atoms with van der Waals surface area (Å²) in [7, 11) is 0. The van der Waals surface area contributed by atoms with E-state index in [9.17, 15) is 0 Å². The Bertz CT molecular complexity index is 411. The van der Waals surface area contributed by atoms with E-state index >= 15 is 0 Å². The first-order chi connectivity index (χ1) is 7.29. The van der Waals surface area contributed by atoms with Crippen LogP contribution in [0.5, 0.6) is 0 Å². The lowest BCUT2D eigenvalue weighted by molar-refractivity contribution is 0.450. The molecule has 15 heavy (non-hydrogen) atoms. The number of rotatable bonds is 4. The highest BCUT2D eigenvalue weighted by Gasteiger charge is 2.16. The third-order valence-electron chi connectivity index (χ3n) is 1.92. The molecule has 0 saturated carbocycles. The van der Waals surface area contributed by atoms with Gasteiger partial charge >= 0.3 is 0 Å². The minimum atomic E-state index is 0.0537. The minimum absolute atomic E-state index is 0.0537. The van der Waals surface area contributed by atoms with E-state index in [1.807, 2.05) is 19.1 Å². The number of oxazole rings is 1. The molecule has 2 rings (SSSR count). The Morgan fingerprint density at radius 3 is 2.93 bits per heavy atom. The molecule has 2 heterocycles. The Kier molecular flexibility index (Phi) is 3.13. The molecule has 0 bridgehead atoms. The fourth-order valence-corrected chi connectivity index (χ4v) is 2.10. The van der Waals surface area contributed by atoms with Crippen molar-refractivity contribution < 1.29 is 8.83 Å². The van der Waals surface area contributed by atoms with Crippen molar-refractivity contribution in [2.75, 3.05) is 6.54 Å². The number of hydrogen-bond donors (Lipinski definition) is 1. The number of aryl methyl sites for hydroxylation is 1. The standard InChI is InChI=1S/C10H12N2O2S/c1-7-6-14-10(12-7)15-9(5-11)8-3-2-4-13-8/h2-4,6,9H,5,11H2,1H3. The Morgan fingerprint density at radius 1 is 1.53 bits per heavy atom. The number of nitrogens with two attached hydrogens (primary N) is 1. The van der Waals surface area contributed by atoms with Crippen LogP contribution in [0.1, 0.15) is 16.7 Å². The van der Waals surface area contributed by atoms with Gasteiger partial charge in [-0.25, -0.2) is 4.98 Å². The predicted molar refractivity (Wildman–Crippen MR) is 57.6 cm³/mol. The summed E-state index contributed by atoms with van der Waals surface area (Å²) in [4.78, 5) is 4.21. The summed E-state index contributed by atoms with van der Waals surface area (Å²) in [5.74, 6) is 0.846. The summed E-state index contributed by atoms with van der Waals surface area (Å²) >= 11 is 1.47. The second-order valence-corrected chi connectivity index (χ2v) is 4.27. The Balaban J connectivity index is 2.09. The van der Waals surface area contributed by atoms with Crippen LogP contribution in [-0.4, -0.2) is 11.5 Å². The van der Waals surface area contributed by atoms with Crippen molar-refractivity contribution in [2.45, 2.75) is 17.4 Å². The smallest absolute Gasteiger partial charge is 0.256 e. The third kappa shape index (κ3) is 2.43. The monoisotopic (exact) mass is 224 g/mol. The van der Waals surface area contributed by atoms with Gasteiger partial charge in [0.25, 0.3) is 5.22 Å². The maximum absolute atomic E-state index is 5.67. The summed E-state index contributed by atoms with van der Waals surface area (Å²) < 4.78 is 10.5. The van der Waals surface area contributed by atoms with E-state index in [0.29, 0.717) is 11.8 Å². The van der Waals surface area contributed by atoms with Crippen molar-refractivity contribution in [3.8, 4) is 0 Å². The van der Waals surface area contributed by atoms with Gasteiger partial charge in [-0.2, -0.15) is 0 Å². The molecule has 0 fully saturated rings. The van der Waals surface area contributed by atoms with E-state index in [2.05, 4.69) is 4.98 Å². The first kappa shape index (κ1) is 10.3. The van der Waals surface area contributed by atoms with Crippen molar-refractivity contribution in [1.82, 2.24) is 4.98 Å². The maximum atomic E-state index is 5.67. The van der Waals surface area contributed by atoms with Crippen LogP contribution in [0.2, 0.25) is 0 Å². The minimum Gasteiger partial charge on any atom is -0.468 e. The molecule has 2 aromatic heterocycles. The zero-order chi connectivity index (χ0) is 10.7. The summed E-state index contributed by atoms with van der Waals surface area (Å²) in [6.07, 6.45) is 3.26. The molecule has 0 radical (unpaired) electrons. The molecular weight excluding hydrogens is 212 g/mol. The normalized spacial score (nSPS) is 12.9. The lowest BCUT2D eigenvalue weighted by Gasteiger charge is -2.07. The molecule has 80 valence electrons. The Hall–Kier alpha value is -1.20. The lowest BCUT2D eigenvalue weighted by atomic mass is 10.3. The summed E-state index contributed by atoms with van der Waals surface area (Å²) in [6.45, 7) is 2.37. The molecule has 5 heteroatoms. The van der Waals surface area contributed by atoms with Crippen LogP contribution in [0, 0.1) is 6.92 Å². The van der Waals surface area contributed by atoms with Gasteiger partial charge in [-0.05, 0) is 19.1 Å². The first-order valence-corrected chi connectivity index (χ1v) is 5.50. The maximum Gasteiger partial charge on any atom is 0.256 e. The van der Waals surface area contributed by atoms with E-state index in [1.54, 1.807) is 12.5 Å². The average molecular weight is 224 g/mol. The fourth-order valence-electron chi connectivity index (χ4n) is 1.21. The van der Waals surface area contributed by atoms with E-state index in [4.69, 9.17) is 14.6 Å². The summed E-state index contributed by atoms with van der Waals surface area (Å²) in [5, 5.41) is 0.678. The number of thioether (sulfide) groups is 1. The van der Waals surface area contributed by atoms with Gasteiger partial charge in [0.05, 0.1) is 17.2 Å². The van der Waals surface area contributed by atoms with Gasteiger partial charge in [0, 0.05) is 6.54 Å². The second kappa shape index (κ2) is 4.55. The van der Waals surface area contributed by atoms with Gasteiger partial charge in [0.1, 0.15) is 12.0 Å². The second-order valence-electron chi connectivity index (χ2n) is 3.11. The van der Waals surface area contributed by atoms with Crippen LogP contribution in [0.3, 0.4) is 0 Å². The summed E-state index contributed by atoms with van der Waals surface area (Å²) in [6, 6.07) is 3.75. The van der Waals surface area contributed by atoms with E-state index in [1.165, 1.54) is 11.8 Å². The molecule has 0 aromatic carbocycles. The molecule has 0 aliphatic rings. The van der Waals surface area contributed by atoms with Gasteiger partial charge < -0.3 is 14.6 Å². The molecule has 1 unspecified atom stereocenters. The molecule has 0 aliphatic carbocycles. The topological polar surface area (TPSA) is 65.2 Å². The van der Waals surface area contributed by atoms with E-state index in [-0.39, 0.29) is 5.25 Å². The Labute approximate surface area is 91.9 Å². The zero-order valence-electron chi connectivity index (χ0n) is 8.34. The van der Waals surface area contributed by atoms with Gasteiger partial charge in [0.15, 0.2) is 0 Å². The molecule has 0 saturated heterocycles. The Morgan fingerprint density at radius 2 is 2.40 bits per heavy atom. The highest BCUT2D eigenvalue weighted by Crippen LogP contribution is 2.33. The van der Waals surface area contributed by atoms with Crippen LogP contribution in [-0.2, 0) is 0 Å². The van der Waals surface area contributed by atoms with Crippen molar-refractivity contribution >= 4 is 11.8 Å². The third-order valence-corrected chi connectivity index (χ3v) is 3.01. The molecule has 0 amide bonds. The number of aromatic nitrogens is 1. The van der Waals surface area contributed by atoms with Crippen molar-refractivity contribution in [3.05, 3.63) is 36.1 Å². The molecular formula is C10H12N2O2S. The van der Waals surface area contributed by atoms with Crippen molar-refractivity contribution in [3.63, 3.8) is 0 Å². The molecule has 4 nitrogen and oxygen atoms in total. The SMILES string of the molecule is Cc1coc(SC(CN)c2ccco2)n1. The predicted octanol–water partition coefficient (Wildman–Crippen LogP) is 2.37. The summed E-state index contributed by atoms with van der Waals surface area (Å²) in [5.41, 5.74) is 6.54. The average Bonchev–Trinajstić information content (AvgIpc) is 2.85. The van der Waals surface area contributed by atoms with Crippen molar-refractivity contribution in [2.24, 2.45) is 5.73 Å². The first-order valence-electron chi connectivity index (χ1n) is 4.62. The number of furan rings is 1. The number of hydrogen-bond acceptors (Lipinski definition) is 5. The van der Waals surface area contributed by atoms with Crippen LogP contribution in [0.15, 0.2) is 38.7 Å². The highest BCUT2D eigenvalue weighted by atomic mass is 32.2. The van der Waals surface area contributed by atoms with Crippen LogP contribution >= 0.6 is 11.8 Å². The van der Waals surface area contributed by atoms with E-state index < -0.39 is 0 Å². The van der Waals surface area contributed by atoms with Crippen LogP contribution in [0.25, 0.3) is 0 Å². The van der Waals surface area contributed by atoms with Crippen LogP contribution < -0.4 is 5.73 Å². The zero-order valence-corrected chi connectivity index (χ0v) is 9.16. The molecule has 2 aromatic rings. The van der Waals surface area contributed by atoms with Gasteiger partial charge in [-0.3, -0.25) is 0 Å². The van der Waals surface area contributed by atoms with Crippen molar-refractivity contribution in [1.29, 1.82) is 0 Å². The van der Waals surface area contributed by atoms with Gasteiger partial charge in [-0.15, -0.1) is 0 Å². The fraction of sp³-hybridized carbons (Fsp3) is 0.300. The highest BCUT2D eigenvalue weighted by molar-refractivity contribution is 7.99. The molecule has 0 aliphatic heterocycles. The van der Waals surface area contributed by atoms with Gasteiger partial charge in [-0.1, -0.05) is 11.8 Å². The molecule has 1 atom stereocenters. The molecule has 2 N–H and O–H groups in total. The lowest BCUT2D eigenvalue weighted by Crippen LogP contribution is -2.08. The quantitative estimate of drug-likeness (QED) is 0.808. The van der Waals surface area contributed by atoms with Gasteiger partial charge in [0.2, 0.25) is 0 Å². The molecule has 0 spiro atoms.